The smallest absolute Gasteiger partial charge is 0.240 e. The maximum absolute atomic E-state index is 14.3. The Morgan fingerprint density at radius 2 is 1.94 bits per heavy atom. The molecule has 5 saturated carbocycles. The zero-order valence-corrected chi connectivity index (χ0v) is 32.7. The van der Waals surface area contributed by atoms with Gasteiger partial charge in [-0.3, -0.25) is 19.4 Å². The lowest BCUT2D eigenvalue weighted by Gasteiger charge is -2.62. The number of fused-ring (bicyclic) bond motifs is 2. The molecule has 7 rings (SSSR count). The lowest BCUT2D eigenvalue weighted by molar-refractivity contribution is -0.193. The van der Waals surface area contributed by atoms with E-state index in [9.17, 15) is 19.8 Å². The molecule has 5 aliphatic carbocycles. The predicted molar refractivity (Wildman–Crippen MR) is 200 cm³/mol. The van der Waals surface area contributed by atoms with E-state index < -0.39 is 24.2 Å². The van der Waals surface area contributed by atoms with Crippen molar-refractivity contribution in [1.82, 2.24) is 25.6 Å². The van der Waals surface area contributed by atoms with Gasteiger partial charge < -0.3 is 30.5 Å². The normalized spacial score (nSPS) is 39.5. The maximum atomic E-state index is 14.3. The Hall–Kier alpha value is -2.15. The van der Waals surface area contributed by atoms with Gasteiger partial charge in [-0.15, -0.1) is 0 Å². The highest BCUT2D eigenvalue weighted by atomic mass is 16.7. The van der Waals surface area contributed by atoms with Gasteiger partial charge in [0.05, 0.1) is 18.8 Å². The second kappa shape index (κ2) is 16.7. The van der Waals surface area contributed by atoms with Gasteiger partial charge in [-0.05, 0) is 119 Å². The van der Waals surface area contributed by atoms with Gasteiger partial charge in [-0.25, -0.2) is 0 Å². The number of amides is 2. The molecule has 1 saturated heterocycles. The van der Waals surface area contributed by atoms with Gasteiger partial charge in [0, 0.05) is 62.4 Å². The number of hydrogen-bond donors (Lipinski definition) is 4. The fourth-order valence-electron chi connectivity index (χ4n) is 11.4. The SMILES string of the molecule is COC1C(CN2O[C@@H](CO)[C@H]([C@H](C)O)[C@H]2C(=O)N[C@H]2C[C@H]3C[C@@H]([C@@H]2C)C3(C)C)CCCC1C1CC(C(=O)NCCc2cccnc2)CC(N(C)C)C1. The lowest BCUT2D eigenvalue weighted by Crippen LogP contribution is -2.62. The molecule has 6 aliphatic rings. The third-order valence-electron chi connectivity index (χ3n) is 14.6. The minimum absolute atomic E-state index is 0.0628. The van der Waals surface area contributed by atoms with Gasteiger partial charge in [-0.2, -0.15) is 5.06 Å². The fraction of sp³-hybridized carbons (Fsp3) is 0.829. The number of methoxy groups -OCH3 is 1. The molecule has 6 unspecified atom stereocenters. The summed E-state index contributed by atoms with van der Waals surface area (Å²) in [6, 6.07) is 3.66. The number of aliphatic hydroxyl groups is 2. The lowest BCUT2D eigenvalue weighted by atomic mass is 9.45. The van der Waals surface area contributed by atoms with Crippen molar-refractivity contribution in [1.29, 1.82) is 0 Å². The van der Waals surface area contributed by atoms with E-state index in [1.807, 2.05) is 18.3 Å². The highest BCUT2D eigenvalue weighted by Crippen LogP contribution is 2.61. The molecule has 0 spiro atoms. The number of aliphatic hydroxyl groups excluding tert-OH is 2. The molecule has 1 aliphatic heterocycles. The summed E-state index contributed by atoms with van der Waals surface area (Å²) >= 11 is 0. The molecular formula is C41H67N5O6. The van der Waals surface area contributed by atoms with Crippen LogP contribution in [0.3, 0.4) is 0 Å². The largest absolute Gasteiger partial charge is 0.394 e. The van der Waals surface area contributed by atoms with Crippen LogP contribution in [0.1, 0.15) is 84.6 Å². The zero-order chi connectivity index (χ0) is 37.3. The number of nitrogens with one attached hydrogen (secondary N) is 2. The second-order valence-corrected chi connectivity index (χ2v) is 18.0. The summed E-state index contributed by atoms with van der Waals surface area (Å²) < 4.78 is 6.38. The van der Waals surface area contributed by atoms with Crippen LogP contribution in [0.5, 0.6) is 0 Å². The van der Waals surface area contributed by atoms with Crippen molar-refractivity contribution in [3.05, 3.63) is 30.1 Å². The number of ether oxygens (including phenoxy) is 1. The van der Waals surface area contributed by atoms with Crippen molar-refractivity contribution in [3.8, 4) is 0 Å². The number of hydroxylamine groups is 2. The van der Waals surface area contributed by atoms with Gasteiger partial charge in [0.15, 0.2) is 0 Å². The quantitative estimate of drug-likeness (QED) is 0.240. The van der Waals surface area contributed by atoms with Crippen LogP contribution in [-0.4, -0.2) is 114 Å². The highest BCUT2D eigenvalue weighted by Gasteiger charge is 2.58. The van der Waals surface area contributed by atoms with Crippen LogP contribution in [0.25, 0.3) is 0 Å². The Kier molecular flexibility index (Phi) is 12.7. The molecule has 2 bridgehead atoms. The van der Waals surface area contributed by atoms with Crippen LogP contribution in [0.4, 0.5) is 0 Å². The first-order valence-electron chi connectivity index (χ1n) is 20.2. The van der Waals surface area contributed by atoms with E-state index in [1.54, 1.807) is 25.3 Å². The number of hydrogen-bond acceptors (Lipinski definition) is 9. The van der Waals surface area contributed by atoms with Crippen LogP contribution >= 0.6 is 0 Å². The molecule has 0 radical (unpaired) electrons. The van der Waals surface area contributed by atoms with Gasteiger partial charge in [0.1, 0.15) is 12.1 Å². The Morgan fingerprint density at radius 1 is 1.15 bits per heavy atom. The Labute approximate surface area is 311 Å². The van der Waals surface area contributed by atoms with E-state index in [4.69, 9.17) is 9.57 Å². The second-order valence-electron chi connectivity index (χ2n) is 18.0. The molecule has 14 atom stereocenters. The average Bonchev–Trinajstić information content (AvgIpc) is 3.51. The molecule has 4 N–H and O–H groups in total. The van der Waals surface area contributed by atoms with E-state index >= 15 is 0 Å². The first-order valence-corrected chi connectivity index (χ1v) is 20.2. The molecule has 11 nitrogen and oxygen atoms in total. The Morgan fingerprint density at radius 3 is 2.58 bits per heavy atom. The highest BCUT2D eigenvalue weighted by molar-refractivity contribution is 5.83. The zero-order valence-electron chi connectivity index (χ0n) is 32.7. The molecular weight excluding hydrogens is 658 g/mol. The summed E-state index contributed by atoms with van der Waals surface area (Å²) in [6.07, 6.45) is 10.7. The minimum atomic E-state index is -0.830. The summed E-state index contributed by atoms with van der Waals surface area (Å²) in [5.41, 5.74) is 1.43. The minimum Gasteiger partial charge on any atom is -0.394 e. The summed E-state index contributed by atoms with van der Waals surface area (Å²) in [5.74, 6) is 1.67. The van der Waals surface area contributed by atoms with Crippen molar-refractivity contribution >= 4 is 11.8 Å². The molecule has 1 aromatic heterocycles. The third kappa shape index (κ3) is 8.10. The van der Waals surface area contributed by atoms with E-state index in [2.05, 4.69) is 55.4 Å². The summed E-state index contributed by atoms with van der Waals surface area (Å²) in [6.45, 7) is 9.50. The van der Waals surface area contributed by atoms with Gasteiger partial charge in [-0.1, -0.05) is 33.3 Å². The Balaban J connectivity index is 1.14. The molecule has 52 heavy (non-hydrogen) atoms. The summed E-state index contributed by atoms with van der Waals surface area (Å²) in [5, 5.41) is 29.8. The monoisotopic (exact) mass is 726 g/mol. The first kappa shape index (κ1) is 39.5. The van der Waals surface area contributed by atoms with E-state index in [-0.39, 0.29) is 48.3 Å². The van der Waals surface area contributed by atoms with E-state index in [1.165, 1.54) is 6.42 Å². The van der Waals surface area contributed by atoms with Crippen LogP contribution < -0.4 is 10.6 Å². The third-order valence-corrected chi connectivity index (χ3v) is 14.6. The van der Waals surface area contributed by atoms with Crippen LogP contribution in [0.2, 0.25) is 0 Å². The standard InChI is InChI=1S/C41H67N5O6/c1-24-33-19-30(41(33,3)4)20-34(24)44-40(50)37-36(25(2)48)35(23-47)52-46(37)22-27-11-8-12-32(38(27)51-7)28-16-29(18-31(17-28)45(5)6)39(49)43-15-13-26-10-9-14-42-21-26/h9-10,14,21,24-25,27-38,47-48H,8,11-13,15-20,22-23H2,1-7H3,(H,43,49)(H,44,50)/t24-,25-,27?,28?,29?,30+,31?,32?,33-,34-,35-,36-,37-,38?/m0/s1. The van der Waals surface area contributed by atoms with Gasteiger partial charge in [0.25, 0.3) is 0 Å². The van der Waals surface area contributed by atoms with Gasteiger partial charge >= 0.3 is 0 Å². The predicted octanol–water partition coefficient (Wildman–Crippen LogP) is 3.68. The molecule has 2 amide bonds. The molecule has 2 heterocycles. The van der Waals surface area contributed by atoms with Crippen molar-refractivity contribution in [3.63, 3.8) is 0 Å². The molecule has 292 valence electrons. The van der Waals surface area contributed by atoms with Crippen LogP contribution in [-0.2, 0) is 25.6 Å². The maximum Gasteiger partial charge on any atom is 0.240 e. The van der Waals surface area contributed by atoms with Crippen molar-refractivity contribution in [2.45, 2.75) is 122 Å². The van der Waals surface area contributed by atoms with Crippen molar-refractivity contribution in [2.75, 3.05) is 40.9 Å². The van der Waals surface area contributed by atoms with Gasteiger partial charge in [0.2, 0.25) is 11.8 Å². The number of aromatic nitrogens is 1. The van der Waals surface area contributed by atoms with Crippen LogP contribution in [0.15, 0.2) is 24.5 Å². The summed E-state index contributed by atoms with van der Waals surface area (Å²) in [7, 11) is 6.03. The van der Waals surface area contributed by atoms with Crippen molar-refractivity contribution < 1.29 is 29.4 Å². The van der Waals surface area contributed by atoms with Crippen molar-refractivity contribution in [2.24, 2.45) is 52.8 Å². The molecule has 0 aromatic carbocycles. The van der Waals surface area contributed by atoms with E-state index in [0.29, 0.717) is 48.2 Å². The first-order chi connectivity index (χ1) is 24.8. The molecule has 6 fully saturated rings. The topological polar surface area (TPSA) is 136 Å². The molecule has 1 aromatic rings. The number of nitrogens with zero attached hydrogens (tertiary/aromatic N) is 3. The number of carbonyl (C=O) groups is 2. The fourth-order valence-corrected chi connectivity index (χ4v) is 11.4. The van der Waals surface area contributed by atoms with E-state index in [0.717, 1.165) is 56.9 Å². The average molecular weight is 726 g/mol. The van der Waals surface area contributed by atoms with Crippen LogP contribution in [0, 0.1) is 52.8 Å². The molecule has 11 heteroatoms. The Bertz CT molecular complexity index is 1350. The number of pyridine rings is 1. The summed E-state index contributed by atoms with van der Waals surface area (Å²) in [4.78, 5) is 40.8. The number of rotatable bonds is 13. The number of carbonyl (C=O) groups excluding carboxylic acids is 2.